The highest BCUT2D eigenvalue weighted by Gasteiger charge is 2.38. The topological polar surface area (TPSA) is 104 Å². The second-order valence-corrected chi connectivity index (χ2v) is 10.1. The Kier molecular flexibility index (Phi) is 6.84. The Labute approximate surface area is 220 Å². The first-order chi connectivity index (χ1) is 18.1. The number of carbonyl (C=O) groups is 1. The number of nitrogens with one attached hydrogen (secondary N) is 1. The summed E-state index contributed by atoms with van der Waals surface area (Å²) in [6, 6.07) is 9.71. The van der Waals surface area contributed by atoms with Crippen LogP contribution in [0.5, 0.6) is 0 Å². The predicted octanol–water partition coefficient (Wildman–Crippen LogP) is 5.19. The minimum atomic E-state index is -4.57. The van der Waals surface area contributed by atoms with Crippen molar-refractivity contribution in [3.63, 3.8) is 0 Å². The Bertz CT molecular complexity index is 1450. The van der Waals surface area contributed by atoms with Crippen molar-refractivity contribution < 1.29 is 23.1 Å². The summed E-state index contributed by atoms with van der Waals surface area (Å²) >= 11 is 1.34. The molecule has 196 valence electrons. The van der Waals surface area contributed by atoms with Crippen molar-refractivity contribution in [1.82, 2.24) is 24.8 Å². The van der Waals surface area contributed by atoms with Gasteiger partial charge in [-0.1, -0.05) is 6.07 Å². The molecule has 3 aromatic heterocycles. The summed E-state index contributed by atoms with van der Waals surface area (Å²) in [7, 11) is 0. The van der Waals surface area contributed by atoms with E-state index in [1.165, 1.54) is 17.5 Å². The van der Waals surface area contributed by atoms with Gasteiger partial charge in [-0.15, -0.1) is 11.3 Å². The third kappa shape index (κ3) is 5.50. The number of hydrogen-bond donors (Lipinski definition) is 2. The van der Waals surface area contributed by atoms with Crippen molar-refractivity contribution in [1.29, 1.82) is 0 Å². The Morgan fingerprint density at radius 1 is 1.11 bits per heavy atom. The molecular formula is C26H23F3N6O2S. The first-order valence-corrected chi connectivity index (χ1v) is 12.6. The lowest BCUT2D eigenvalue weighted by atomic mass is 9.92. The molecule has 4 heterocycles. The maximum absolute atomic E-state index is 13.0. The molecule has 1 aliphatic rings. The van der Waals surface area contributed by atoms with Gasteiger partial charge in [0.2, 0.25) is 5.95 Å². The van der Waals surface area contributed by atoms with Crippen molar-refractivity contribution >= 4 is 28.9 Å². The van der Waals surface area contributed by atoms with Gasteiger partial charge in [0.05, 0.1) is 10.4 Å². The van der Waals surface area contributed by atoms with Gasteiger partial charge in [0, 0.05) is 56.4 Å². The molecule has 0 aliphatic carbocycles. The van der Waals surface area contributed by atoms with Crippen molar-refractivity contribution in [2.24, 2.45) is 0 Å². The molecule has 0 atom stereocenters. The molecule has 1 aliphatic heterocycles. The van der Waals surface area contributed by atoms with E-state index in [-0.39, 0.29) is 11.9 Å². The summed E-state index contributed by atoms with van der Waals surface area (Å²) in [5.74, 6) is -0.284. The van der Waals surface area contributed by atoms with Crippen molar-refractivity contribution in [3.8, 4) is 10.4 Å². The highest BCUT2D eigenvalue weighted by molar-refractivity contribution is 7.15. The number of amides is 1. The smallest absolute Gasteiger partial charge is 0.383 e. The second-order valence-electron chi connectivity index (χ2n) is 9.07. The van der Waals surface area contributed by atoms with Crippen molar-refractivity contribution in [2.45, 2.75) is 31.5 Å². The average Bonchev–Trinajstić information content (AvgIpc) is 3.40. The number of alkyl halides is 3. The van der Waals surface area contributed by atoms with Crippen LogP contribution in [0.1, 0.15) is 39.5 Å². The molecule has 0 spiro atoms. The highest BCUT2D eigenvalue weighted by atomic mass is 32.1. The number of aliphatic hydroxyl groups is 1. The van der Waals surface area contributed by atoms with Crippen LogP contribution in [0.2, 0.25) is 0 Å². The Morgan fingerprint density at radius 3 is 2.61 bits per heavy atom. The van der Waals surface area contributed by atoms with Crippen LogP contribution < -0.4 is 5.32 Å². The van der Waals surface area contributed by atoms with E-state index >= 15 is 0 Å². The number of hydrogen-bond acceptors (Lipinski definition) is 8. The molecule has 0 bridgehead atoms. The largest absolute Gasteiger partial charge is 0.433 e. The molecule has 0 unspecified atom stereocenters. The number of halogens is 3. The summed E-state index contributed by atoms with van der Waals surface area (Å²) in [5, 5.41) is 14.7. The molecule has 12 heteroatoms. The van der Waals surface area contributed by atoms with Crippen molar-refractivity contribution in [2.75, 3.05) is 18.4 Å². The molecule has 0 radical (unpaired) electrons. The van der Waals surface area contributed by atoms with Gasteiger partial charge in [0.25, 0.3) is 5.91 Å². The fraction of sp³-hybridized carbons (Fsp3) is 0.269. The predicted molar refractivity (Wildman–Crippen MR) is 136 cm³/mol. The molecule has 4 aromatic rings. The van der Waals surface area contributed by atoms with E-state index in [1.807, 2.05) is 13.0 Å². The lowest BCUT2D eigenvalue weighted by Gasteiger charge is -2.36. The Morgan fingerprint density at radius 2 is 1.89 bits per heavy atom. The molecular weight excluding hydrogens is 517 g/mol. The van der Waals surface area contributed by atoms with E-state index in [9.17, 15) is 23.1 Å². The van der Waals surface area contributed by atoms with Crippen LogP contribution in [-0.2, 0) is 11.8 Å². The first-order valence-electron chi connectivity index (χ1n) is 11.8. The molecule has 2 N–H and O–H groups in total. The lowest BCUT2D eigenvalue weighted by molar-refractivity contribution is -0.141. The van der Waals surface area contributed by atoms with Gasteiger partial charge in [-0.3, -0.25) is 9.78 Å². The number of piperidine rings is 1. The number of carbonyl (C=O) groups excluding carboxylic acids is 1. The van der Waals surface area contributed by atoms with Gasteiger partial charge in [-0.05, 0) is 48.4 Å². The fourth-order valence-electron chi connectivity index (χ4n) is 4.29. The second kappa shape index (κ2) is 10.1. The van der Waals surface area contributed by atoms with E-state index in [4.69, 9.17) is 0 Å². The average molecular weight is 541 g/mol. The highest BCUT2D eigenvalue weighted by Crippen LogP contribution is 2.39. The number of likely N-dealkylation sites (tertiary alicyclic amines) is 1. The summed E-state index contributed by atoms with van der Waals surface area (Å²) in [5.41, 5.74) is 0.496. The van der Waals surface area contributed by atoms with Crippen LogP contribution in [0.25, 0.3) is 10.4 Å². The zero-order valence-electron chi connectivity index (χ0n) is 20.2. The van der Waals surface area contributed by atoms with Crippen LogP contribution >= 0.6 is 11.3 Å². The first kappa shape index (κ1) is 25.7. The number of pyridine rings is 1. The SMILES string of the molecule is Cc1cc(Nc2nccc(C(F)(F)F)n2)cc(-c2cnc(C3(O)CCN(C(=O)c4cccnc4)CC3)s2)c1. The van der Waals surface area contributed by atoms with Gasteiger partial charge in [0.15, 0.2) is 0 Å². The number of thiazole rings is 1. The van der Waals surface area contributed by atoms with Crippen LogP contribution in [0.4, 0.5) is 24.8 Å². The van der Waals surface area contributed by atoms with Crippen LogP contribution in [0.15, 0.2) is 61.2 Å². The minimum absolute atomic E-state index is 0.121. The summed E-state index contributed by atoms with van der Waals surface area (Å²) in [4.78, 5) is 31.1. The van der Waals surface area contributed by atoms with E-state index in [2.05, 4.69) is 25.3 Å². The third-order valence-corrected chi connectivity index (χ3v) is 7.49. The normalized spacial score (nSPS) is 15.3. The van der Waals surface area contributed by atoms with Crippen molar-refractivity contribution in [3.05, 3.63) is 83.0 Å². The molecule has 0 saturated carbocycles. The number of nitrogens with zero attached hydrogens (tertiary/aromatic N) is 5. The quantitative estimate of drug-likeness (QED) is 0.359. The third-order valence-electron chi connectivity index (χ3n) is 6.25. The van der Waals surface area contributed by atoms with Gasteiger partial charge in [-0.2, -0.15) is 13.2 Å². The zero-order chi connectivity index (χ0) is 26.9. The molecule has 38 heavy (non-hydrogen) atoms. The number of aryl methyl sites for hydroxylation is 1. The molecule has 1 fully saturated rings. The van der Waals surface area contributed by atoms with E-state index in [0.29, 0.717) is 42.2 Å². The number of aromatic nitrogens is 4. The summed E-state index contributed by atoms with van der Waals surface area (Å²) in [6.07, 6.45) is 1.99. The van der Waals surface area contributed by atoms with Gasteiger partial charge in [-0.25, -0.2) is 15.0 Å². The standard InChI is InChI=1S/C26H23F3N6O2S/c1-16-11-18(13-19(12-16)33-24-31-8-4-21(34-24)26(27,28)29)20-15-32-23(38-20)25(37)5-9-35(10-6-25)22(36)17-3-2-7-30-14-17/h2-4,7-8,11-15,37H,5-6,9-10H2,1H3,(H,31,33,34). The maximum Gasteiger partial charge on any atom is 0.433 e. The molecule has 1 amide bonds. The Balaban J connectivity index is 1.31. The number of anilines is 2. The van der Waals surface area contributed by atoms with E-state index in [1.54, 1.807) is 41.6 Å². The maximum atomic E-state index is 13.0. The molecule has 1 aromatic carbocycles. The van der Waals surface area contributed by atoms with E-state index in [0.717, 1.165) is 28.3 Å². The molecule has 5 rings (SSSR count). The summed E-state index contributed by atoms with van der Waals surface area (Å²) < 4.78 is 39.0. The number of benzene rings is 1. The fourth-order valence-corrected chi connectivity index (χ4v) is 5.34. The van der Waals surface area contributed by atoms with Crippen LogP contribution in [0, 0.1) is 6.92 Å². The number of rotatable bonds is 5. The summed E-state index contributed by atoms with van der Waals surface area (Å²) in [6.45, 7) is 2.63. The zero-order valence-corrected chi connectivity index (χ0v) is 21.1. The minimum Gasteiger partial charge on any atom is -0.383 e. The monoisotopic (exact) mass is 540 g/mol. The van der Waals surface area contributed by atoms with Crippen LogP contribution in [0.3, 0.4) is 0 Å². The molecule has 1 saturated heterocycles. The van der Waals surface area contributed by atoms with E-state index < -0.39 is 17.5 Å². The Hall–Kier alpha value is -3.90. The van der Waals surface area contributed by atoms with Gasteiger partial charge >= 0.3 is 6.18 Å². The lowest BCUT2D eigenvalue weighted by Crippen LogP contribution is -2.45. The van der Waals surface area contributed by atoms with Gasteiger partial charge in [0.1, 0.15) is 16.3 Å². The van der Waals surface area contributed by atoms with Crippen LogP contribution in [-0.4, -0.2) is 48.9 Å². The van der Waals surface area contributed by atoms with Gasteiger partial charge < -0.3 is 15.3 Å². The molecule has 8 nitrogen and oxygen atoms in total.